The van der Waals surface area contributed by atoms with Gasteiger partial charge in [0.25, 0.3) is 11.8 Å². The van der Waals surface area contributed by atoms with Crippen LogP contribution in [0.3, 0.4) is 0 Å². The number of anilines is 2. The summed E-state index contributed by atoms with van der Waals surface area (Å²) < 4.78 is 0. The van der Waals surface area contributed by atoms with Gasteiger partial charge in [0.2, 0.25) is 0 Å². The number of pyridine rings is 1. The predicted octanol–water partition coefficient (Wildman–Crippen LogP) is 1.84. The summed E-state index contributed by atoms with van der Waals surface area (Å²) in [6.07, 6.45) is -0.504. The number of carbonyl (C=O) groups is 2. The van der Waals surface area contributed by atoms with Crippen molar-refractivity contribution in [3.8, 4) is 0 Å². The number of hydrogen-bond donors (Lipinski definition) is 4. The zero-order valence-electron chi connectivity index (χ0n) is 14.6. The van der Waals surface area contributed by atoms with E-state index in [0.29, 0.717) is 11.4 Å². The van der Waals surface area contributed by atoms with E-state index in [-0.39, 0.29) is 0 Å². The van der Waals surface area contributed by atoms with E-state index in [4.69, 9.17) is 0 Å². The maximum atomic E-state index is 12.2. The highest BCUT2D eigenvalue weighted by atomic mass is 16.3. The molecule has 2 amide bonds. The van der Waals surface area contributed by atoms with Crippen LogP contribution in [0.25, 0.3) is 10.8 Å². The summed E-state index contributed by atoms with van der Waals surface area (Å²) in [5.41, 5.74) is 1.91. The SMILES string of the molecule is Cc1ccc(NC(=O)[C@H](O)[C@@H](O)C(=O)Nc2ccc3cnccc3c2)cc1. The molecular formula is C20H19N3O4. The number of benzene rings is 2. The molecule has 0 spiro atoms. The Labute approximate surface area is 155 Å². The van der Waals surface area contributed by atoms with E-state index in [2.05, 4.69) is 15.6 Å². The molecule has 3 rings (SSSR count). The molecule has 0 fully saturated rings. The molecule has 2 atom stereocenters. The van der Waals surface area contributed by atoms with Crippen LogP contribution in [0.4, 0.5) is 11.4 Å². The zero-order chi connectivity index (χ0) is 19.4. The summed E-state index contributed by atoms with van der Waals surface area (Å²) in [7, 11) is 0. The molecule has 0 aliphatic carbocycles. The van der Waals surface area contributed by atoms with Crippen LogP contribution in [0.15, 0.2) is 60.9 Å². The number of nitrogens with zero attached hydrogens (tertiary/aromatic N) is 1. The Morgan fingerprint density at radius 1 is 0.852 bits per heavy atom. The van der Waals surface area contributed by atoms with Gasteiger partial charge in [-0.05, 0) is 42.6 Å². The van der Waals surface area contributed by atoms with Gasteiger partial charge in [0.1, 0.15) is 0 Å². The molecule has 2 aromatic carbocycles. The molecule has 0 aliphatic heterocycles. The van der Waals surface area contributed by atoms with E-state index in [1.807, 2.05) is 6.92 Å². The number of aromatic nitrogens is 1. The van der Waals surface area contributed by atoms with Crippen molar-refractivity contribution in [3.05, 3.63) is 66.5 Å². The van der Waals surface area contributed by atoms with Crippen LogP contribution in [-0.2, 0) is 9.59 Å². The Bertz CT molecular complexity index is 972. The molecule has 27 heavy (non-hydrogen) atoms. The Kier molecular flexibility index (Phi) is 5.44. The molecular weight excluding hydrogens is 346 g/mol. The maximum Gasteiger partial charge on any atom is 0.256 e. The van der Waals surface area contributed by atoms with Crippen molar-refractivity contribution < 1.29 is 19.8 Å². The molecule has 0 aliphatic rings. The molecule has 0 saturated heterocycles. The Balaban J connectivity index is 1.64. The number of nitrogens with one attached hydrogen (secondary N) is 2. The van der Waals surface area contributed by atoms with Crippen molar-refractivity contribution in [2.75, 3.05) is 10.6 Å². The van der Waals surface area contributed by atoms with Gasteiger partial charge in [-0.2, -0.15) is 0 Å². The normalized spacial score (nSPS) is 13.0. The third kappa shape index (κ3) is 4.46. The molecule has 138 valence electrons. The van der Waals surface area contributed by atoms with Gasteiger partial charge >= 0.3 is 0 Å². The van der Waals surface area contributed by atoms with Crippen molar-refractivity contribution in [2.45, 2.75) is 19.1 Å². The number of carbonyl (C=O) groups excluding carboxylic acids is 2. The first-order chi connectivity index (χ1) is 12.9. The van der Waals surface area contributed by atoms with Crippen molar-refractivity contribution in [1.82, 2.24) is 4.98 Å². The number of aliphatic hydroxyl groups is 2. The lowest BCUT2D eigenvalue weighted by atomic mass is 10.1. The quantitative estimate of drug-likeness (QED) is 0.551. The molecule has 4 N–H and O–H groups in total. The summed E-state index contributed by atoms with van der Waals surface area (Å²) in [5.74, 6) is -1.75. The van der Waals surface area contributed by atoms with Gasteiger partial charge in [-0.15, -0.1) is 0 Å². The molecule has 3 aromatic rings. The van der Waals surface area contributed by atoms with Gasteiger partial charge in [-0.1, -0.05) is 23.8 Å². The number of amides is 2. The lowest BCUT2D eigenvalue weighted by molar-refractivity contribution is -0.139. The third-order valence-corrected chi connectivity index (χ3v) is 4.06. The molecule has 0 radical (unpaired) electrons. The third-order valence-electron chi connectivity index (χ3n) is 4.06. The number of fused-ring (bicyclic) bond motifs is 1. The van der Waals surface area contributed by atoms with Crippen LogP contribution in [0.5, 0.6) is 0 Å². The first-order valence-electron chi connectivity index (χ1n) is 8.32. The summed E-state index contributed by atoms with van der Waals surface area (Å²) >= 11 is 0. The van der Waals surface area contributed by atoms with E-state index < -0.39 is 24.0 Å². The molecule has 0 saturated carbocycles. The molecule has 0 unspecified atom stereocenters. The standard InChI is InChI=1S/C20H19N3O4/c1-12-2-5-15(6-3-12)22-19(26)17(24)18(25)20(27)23-16-7-4-14-11-21-9-8-13(14)10-16/h2-11,17-18,24-25H,1H3,(H,22,26)(H,23,27)/t17-,18-/m1/s1. The fraction of sp³-hybridized carbons (Fsp3) is 0.150. The number of hydrogen-bond acceptors (Lipinski definition) is 5. The number of rotatable bonds is 5. The van der Waals surface area contributed by atoms with Crippen LogP contribution >= 0.6 is 0 Å². The molecule has 1 aromatic heterocycles. The fourth-order valence-electron chi connectivity index (χ4n) is 2.52. The lowest BCUT2D eigenvalue weighted by Gasteiger charge is -2.17. The minimum Gasteiger partial charge on any atom is -0.380 e. The van der Waals surface area contributed by atoms with Crippen LogP contribution < -0.4 is 10.6 Å². The van der Waals surface area contributed by atoms with E-state index in [1.165, 1.54) is 0 Å². The zero-order valence-corrected chi connectivity index (χ0v) is 14.6. The first kappa shape index (κ1) is 18.5. The largest absolute Gasteiger partial charge is 0.380 e. The second-order valence-electron chi connectivity index (χ2n) is 6.17. The highest BCUT2D eigenvalue weighted by molar-refractivity contribution is 6.02. The summed E-state index contributed by atoms with van der Waals surface area (Å²) in [4.78, 5) is 28.2. The second kappa shape index (κ2) is 7.94. The average Bonchev–Trinajstić information content (AvgIpc) is 2.68. The monoisotopic (exact) mass is 365 g/mol. The fourth-order valence-corrected chi connectivity index (χ4v) is 2.52. The van der Waals surface area contributed by atoms with Crippen molar-refractivity contribution >= 4 is 34.0 Å². The topological polar surface area (TPSA) is 112 Å². The van der Waals surface area contributed by atoms with E-state index in [9.17, 15) is 19.8 Å². The van der Waals surface area contributed by atoms with Crippen molar-refractivity contribution in [2.24, 2.45) is 0 Å². The van der Waals surface area contributed by atoms with Crippen LogP contribution in [0, 0.1) is 6.92 Å². The molecule has 1 heterocycles. The van der Waals surface area contributed by atoms with Crippen LogP contribution in [0.2, 0.25) is 0 Å². The smallest absolute Gasteiger partial charge is 0.256 e. The predicted molar refractivity (Wildman–Crippen MR) is 102 cm³/mol. The Morgan fingerprint density at radius 2 is 1.44 bits per heavy atom. The minimum atomic E-state index is -1.91. The Hall–Kier alpha value is -3.29. The molecule has 7 nitrogen and oxygen atoms in total. The molecule has 7 heteroatoms. The summed E-state index contributed by atoms with van der Waals surface area (Å²) in [5, 5.41) is 26.7. The van der Waals surface area contributed by atoms with Crippen LogP contribution in [0.1, 0.15) is 5.56 Å². The average molecular weight is 365 g/mol. The van der Waals surface area contributed by atoms with Gasteiger partial charge in [-0.25, -0.2) is 0 Å². The van der Waals surface area contributed by atoms with Crippen LogP contribution in [-0.4, -0.2) is 39.2 Å². The van der Waals surface area contributed by atoms with Gasteiger partial charge in [-0.3, -0.25) is 14.6 Å². The van der Waals surface area contributed by atoms with E-state index in [1.54, 1.807) is 60.9 Å². The van der Waals surface area contributed by atoms with Gasteiger partial charge in [0, 0.05) is 29.2 Å². The van der Waals surface area contributed by atoms with Crippen molar-refractivity contribution in [3.63, 3.8) is 0 Å². The number of aryl methyl sites for hydroxylation is 1. The minimum absolute atomic E-state index is 0.434. The first-order valence-corrected chi connectivity index (χ1v) is 8.32. The van der Waals surface area contributed by atoms with Gasteiger partial charge < -0.3 is 20.8 Å². The second-order valence-corrected chi connectivity index (χ2v) is 6.17. The Morgan fingerprint density at radius 3 is 2.11 bits per heavy atom. The highest BCUT2D eigenvalue weighted by Gasteiger charge is 2.30. The number of aliphatic hydroxyl groups excluding tert-OH is 2. The van der Waals surface area contributed by atoms with E-state index in [0.717, 1.165) is 16.3 Å². The van der Waals surface area contributed by atoms with Gasteiger partial charge in [0.05, 0.1) is 0 Å². The summed E-state index contributed by atoms with van der Waals surface area (Å²) in [6.45, 7) is 1.90. The molecule has 0 bridgehead atoms. The highest BCUT2D eigenvalue weighted by Crippen LogP contribution is 2.18. The maximum absolute atomic E-state index is 12.2. The van der Waals surface area contributed by atoms with Gasteiger partial charge in [0.15, 0.2) is 12.2 Å². The van der Waals surface area contributed by atoms with E-state index >= 15 is 0 Å². The summed E-state index contributed by atoms with van der Waals surface area (Å²) in [6, 6.07) is 13.8. The van der Waals surface area contributed by atoms with Crippen molar-refractivity contribution in [1.29, 1.82) is 0 Å². The lowest BCUT2D eigenvalue weighted by Crippen LogP contribution is -2.45.